The van der Waals surface area contributed by atoms with Crippen LogP contribution in [0, 0.1) is 17.3 Å². The number of fused-ring (bicyclic) bond motifs is 1. The third-order valence-corrected chi connectivity index (χ3v) is 9.05. The molecule has 3 aliphatic rings. The molecule has 0 aliphatic heterocycles. The molecule has 1 aromatic carbocycles. The van der Waals surface area contributed by atoms with Crippen molar-refractivity contribution in [2.45, 2.75) is 90.9 Å². The van der Waals surface area contributed by atoms with E-state index >= 15 is 0 Å². The Labute approximate surface area is 185 Å². The second-order valence-corrected chi connectivity index (χ2v) is 10.9. The largest absolute Gasteiger partial charge is 0.507 e. The Morgan fingerprint density at radius 1 is 1.07 bits per heavy atom. The molecule has 3 atom stereocenters. The second kappa shape index (κ2) is 8.65. The maximum atomic E-state index is 11.1. The Morgan fingerprint density at radius 3 is 2.17 bits per heavy atom. The summed E-state index contributed by atoms with van der Waals surface area (Å²) in [5.41, 5.74) is 3.52. The van der Waals surface area contributed by atoms with Crippen molar-refractivity contribution in [3.8, 4) is 11.5 Å². The van der Waals surface area contributed by atoms with Crippen LogP contribution in [0.15, 0.2) is 23.8 Å². The summed E-state index contributed by atoms with van der Waals surface area (Å²) in [6.07, 6.45) is 10.2. The number of phenols is 2. The average Bonchev–Trinajstić information content (AvgIpc) is 2.67. The zero-order chi connectivity index (χ0) is 21.4. The van der Waals surface area contributed by atoms with Crippen molar-refractivity contribution in [1.29, 1.82) is 0 Å². The smallest absolute Gasteiger partial charge is 0.123 e. The molecular weight excluding hydrogens is 424 g/mol. The van der Waals surface area contributed by atoms with E-state index in [9.17, 15) is 10.2 Å². The zero-order valence-electron chi connectivity index (χ0n) is 18.9. The predicted octanol–water partition coefficient (Wildman–Crippen LogP) is 7.82. The Balaban J connectivity index is 1.94. The quantitative estimate of drug-likeness (QED) is 0.223. The number of halogens is 1. The van der Waals surface area contributed by atoms with E-state index in [2.05, 4.69) is 56.6 Å². The maximum absolute atomic E-state index is 11.1. The van der Waals surface area contributed by atoms with E-state index in [1.807, 2.05) is 12.1 Å². The van der Waals surface area contributed by atoms with Gasteiger partial charge in [-0.2, -0.15) is 0 Å². The summed E-state index contributed by atoms with van der Waals surface area (Å²) in [6.45, 7) is 11.4. The van der Waals surface area contributed by atoms with E-state index in [0.717, 1.165) is 35.7 Å². The highest BCUT2D eigenvalue weighted by molar-refractivity contribution is 9.09. The van der Waals surface area contributed by atoms with Crippen LogP contribution in [-0.4, -0.2) is 15.5 Å². The first-order valence-electron chi connectivity index (χ1n) is 11.5. The molecule has 0 unspecified atom stereocenters. The Kier molecular flexibility index (Phi) is 6.78. The van der Waals surface area contributed by atoms with Gasteiger partial charge in [0.2, 0.25) is 0 Å². The van der Waals surface area contributed by atoms with Gasteiger partial charge in [0.1, 0.15) is 11.5 Å². The number of phenolic OH excluding ortho intramolecular Hbond substituents is 2. The predicted molar refractivity (Wildman–Crippen MR) is 126 cm³/mol. The molecule has 162 valence electrons. The van der Waals surface area contributed by atoms with Crippen molar-refractivity contribution in [3.63, 3.8) is 0 Å². The summed E-state index contributed by atoms with van der Waals surface area (Å²) in [7, 11) is 0. The molecular formula is C26H39BrO2. The lowest BCUT2D eigenvalue weighted by molar-refractivity contribution is -0.0198. The highest BCUT2D eigenvalue weighted by Crippen LogP contribution is 2.65. The van der Waals surface area contributed by atoms with E-state index in [-0.39, 0.29) is 28.2 Å². The molecule has 3 heteroatoms. The molecule has 4 rings (SSSR count). The van der Waals surface area contributed by atoms with Crippen LogP contribution in [0.2, 0.25) is 0 Å². The molecule has 0 amide bonds. The van der Waals surface area contributed by atoms with Gasteiger partial charge in [-0.1, -0.05) is 68.1 Å². The Morgan fingerprint density at radius 2 is 1.69 bits per heavy atom. The number of alkyl halides is 1. The number of hydrogen-bond acceptors (Lipinski definition) is 2. The van der Waals surface area contributed by atoms with Crippen molar-refractivity contribution in [1.82, 2.24) is 0 Å². The number of allylic oxidation sites excluding steroid dienone is 2. The van der Waals surface area contributed by atoms with Gasteiger partial charge in [-0.3, -0.25) is 0 Å². The fourth-order valence-corrected chi connectivity index (χ4v) is 6.70. The molecule has 0 radical (unpaired) electrons. The first-order valence-corrected chi connectivity index (χ1v) is 12.6. The lowest BCUT2D eigenvalue weighted by atomic mass is 9.45. The second-order valence-electron chi connectivity index (χ2n) is 10.1. The first kappa shape index (κ1) is 22.7. The van der Waals surface area contributed by atoms with E-state index < -0.39 is 0 Å². The molecule has 1 saturated carbocycles. The molecule has 2 nitrogen and oxygen atoms in total. The summed E-state index contributed by atoms with van der Waals surface area (Å²) in [6, 6.07) is 3.93. The van der Waals surface area contributed by atoms with Crippen LogP contribution in [0.3, 0.4) is 0 Å². The van der Waals surface area contributed by atoms with E-state index in [1.54, 1.807) is 0 Å². The summed E-state index contributed by atoms with van der Waals surface area (Å²) < 4.78 is 0. The van der Waals surface area contributed by atoms with Crippen molar-refractivity contribution in [3.05, 3.63) is 34.9 Å². The van der Waals surface area contributed by atoms with Crippen LogP contribution in [0.1, 0.15) is 96.6 Å². The molecule has 1 aromatic rings. The van der Waals surface area contributed by atoms with Crippen molar-refractivity contribution in [2.75, 3.05) is 5.33 Å². The van der Waals surface area contributed by atoms with Crippen molar-refractivity contribution >= 4 is 15.9 Å². The molecule has 29 heavy (non-hydrogen) atoms. The summed E-state index contributed by atoms with van der Waals surface area (Å²) in [5.74, 6) is 1.81. The lowest BCUT2D eigenvalue weighted by Gasteiger charge is -2.59. The summed E-state index contributed by atoms with van der Waals surface area (Å²) in [4.78, 5) is 0. The van der Waals surface area contributed by atoms with Crippen LogP contribution < -0.4 is 0 Å². The van der Waals surface area contributed by atoms with Crippen LogP contribution in [-0.2, 0) is 5.41 Å². The van der Waals surface area contributed by atoms with Gasteiger partial charge in [0, 0.05) is 16.8 Å². The average molecular weight is 464 g/mol. The zero-order valence-corrected chi connectivity index (χ0v) is 20.5. The standard InChI is InChI=1S/C26H39BrO2/c1-6-26(7-2,11-9-8-10-12-27)18-14-22(28)24(23(29)15-18)19-13-17(3)20-16-21(19)25(20,4)5/h13-15,19-21,28-29H,6-12,16H2,1-5H3/t19-,20+,21-/m0/s1. The van der Waals surface area contributed by atoms with Crippen LogP contribution in [0.5, 0.6) is 11.5 Å². The first-order chi connectivity index (χ1) is 13.7. The third kappa shape index (κ3) is 3.89. The molecule has 0 aromatic heterocycles. The fraction of sp³-hybridized carbons (Fsp3) is 0.692. The van der Waals surface area contributed by atoms with E-state index in [4.69, 9.17) is 0 Å². The molecule has 2 N–H and O–H groups in total. The Hall–Kier alpha value is -0.960. The number of aromatic hydroxyl groups is 2. The van der Waals surface area contributed by atoms with Crippen molar-refractivity contribution < 1.29 is 10.2 Å². The van der Waals surface area contributed by atoms with E-state index in [1.165, 1.54) is 31.3 Å². The molecule has 0 spiro atoms. The summed E-state index contributed by atoms with van der Waals surface area (Å²) >= 11 is 3.52. The van der Waals surface area contributed by atoms with Gasteiger partial charge >= 0.3 is 0 Å². The molecule has 2 bridgehead atoms. The molecule has 0 saturated heterocycles. The van der Waals surface area contributed by atoms with Gasteiger partial charge in [0.15, 0.2) is 0 Å². The molecule has 1 fully saturated rings. The third-order valence-electron chi connectivity index (χ3n) is 8.49. The van der Waals surface area contributed by atoms with E-state index in [0.29, 0.717) is 11.8 Å². The van der Waals surface area contributed by atoms with Gasteiger partial charge in [-0.15, -0.1) is 0 Å². The highest BCUT2D eigenvalue weighted by Gasteiger charge is 2.55. The lowest BCUT2D eigenvalue weighted by Crippen LogP contribution is -2.50. The summed E-state index contributed by atoms with van der Waals surface area (Å²) in [5, 5.41) is 23.2. The van der Waals surface area contributed by atoms with Crippen LogP contribution in [0.4, 0.5) is 0 Å². The minimum absolute atomic E-state index is 0.0267. The van der Waals surface area contributed by atoms with Crippen LogP contribution in [0.25, 0.3) is 0 Å². The number of benzene rings is 1. The number of hydrogen-bond donors (Lipinski definition) is 2. The SMILES string of the molecule is CCC(CC)(CCCCCBr)c1cc(O)c([C@H]2C=C(C)[C@H]3C[C@@H]2C3(C)C)c(O)c1. The minimum Gasteiger partial charge on any atom is -0.507 e. The number of rotatable bonds is 9. The number of unbranched alkanes of at least 4 members (excludes halogenated alkanes) is 2. The monoisotopic (exact) mass is 462 g/mol. The van der Waals surface area contributed by atoms with Crippen molar-refractivity contribution in [2.24, 2.45) is 17.3 Å². The van der Waals surface area contributed by atoms with Gasteiger partial charge in [-0.05, 0) is 79.4 Å². The normalized spacial score (nSPS) is 25.4. The minimum atomic E-state index is 0.0267. The molecule has 0 heterocycles. The maximum Gasteiger partial charge on any atom is 0.123 e. The highest BCUT2D eigenvalue weighted by atomic mass is 79.9. The van der Waals surface area contributed by atoms with Gasteiger partial charge in [0.25, 0.3) is 0 Å². The topological polar surface area (TPSA) is 40.5 Å². The molecule has 3 aliphatic carbocycles. The van der Waals surface area contributed by atoms with Crippen LogP contribution >= 0.6 is 15.9 Å². The van der Waals surface area contributed by atoms with Gasteiger partial charge in [0.05, 0.1) is 0 Å². The Bertz CT molecular complexity index is 737. The van der Waals surface area contributed by atoms with Gasteiger partial charge in [-0.25, -0.2) is 0 Å². The van der Waals surface area contributed by atoms with Gasteiger partial charge < -0.3 is 10.2 Å². The fourth-order valence-electron chi connectivity index (χ4n) is 6.30.